The van der Waals surface area contributed by atoms with Crippen molar-refractivity contribution in [2.24, 2.45) is 0 Å². The van der Waals surface area contributed by atoms with Crippen molar-refractivity contribution < 1.29 is 4.74 Å². The fourth-order valence-electron chi connectivity index (χ4n) is 2.78. The maximum Gasteiger partial charge on any atom is 0.226 e. The summed E-state index contributed by atoms with van der Waals surface area (Å²) in [5.41, 5.74) is 0.840. The first-order valence-electron chi connectivity index (χ1n) is 6.85. The highest BCUT2D eigenvalue weighted by molar-refractivity contribution is 5.80. The second kappa shape index (κ2) is 5.17. The van der Waals surface area contributed by atoms with Gasteiger partial charge in [0.2, 0.25) is 5.88 Å². The zero-order valence-corrected chi connectivity index (χ0v) is 11.5. The van der Waals surface area contributed by atoms with Crippen LogP contribution in [0, 0.1) is 0 Å². The molecule has 0 bridgehead atoms. The Balaban J connectivity index is 1.68. The molecule has 2 heterocycles. The van der Waals surface area contributed by atoms with E-state index in [1.54, 1.807) is 6.33 Å². The molecule has 0 aliphatic heterocycles. The predicted octanol–water partition coefficient (Wildman–Crippen LogP) is 2.21. The summed E-state index contributed by atoms with van der Waals surface area (Å²) in [6.45, 7) is 0. The van der Waals surface area contributed by atoms with Crippen molar-refractivity contribution in [1.82, 2.24) is 19.9 Å². The van der Waals surface area contributed by atoms with E-state index in [-0.39, 0.29) is 6.10 Å². The first kappa shape index (κ1) is 12.4. The van der Waals surface area contributed by atoms with Gasteiger partial charge in [0.05, 0.1) is 5.39 Å². The zero-order valence-electron chi connectivity index (χ0n) is 11.5. The summed E-state index contributed by atoms with van der Waals surface area (Å²) in [5, 5.41) is 0.970. The molecule has 5 heteroatoms. The van der Waals surface area contributed by atoms with Crippen molar-refractivity contribution in [2.75, 3.05) is 14.1 Å². The van der Waals surface area contributed by atoms with Crippen LogP contribution < -0.4 is 4.74 Å². The van der Waals surface area contributed by atoms with Gasteiger partial charge in [-0.2, -0.15) is 0 Å². The van der Waals surface area contributed by atoms with E-state index in [0.717, 1.165) is 23.9 Å². The molecule has 1 N–H and O–H groups in total. The molecule has 0 unspecified atom stereocenters. The minimum absolute atomic E-state index is 0.282. The third-order valence-electron chi connectivity index (χ3n) is 3.97. The van der Waals surface area contributed by atoms with Crippen LogP contribution in [-0.4, -0.2) is 46.1 Å². The third kappa shape index (κ3) is 2.56. The molecule has 0 amide bonds. The summed E-state index contributed by atoms with van der Waals surface area (Å²) in [6.07, 6.45) is 8.29. The first-order chi connectivity index (χ1) is 9.24. The molecule has 2 aromatic rings. The van der Waals surface area contributed by atoms with Crippen LogP contribution in [-0.2, 0) is 0 Å². The Labute approximate surface area is 113 Å². The van der Waals surface area contributed by atoms with Gasteiger partial charge in [0, 0.05) is 12.2 Å². The molecule has 0 aromatic carbocycles. The summed E-state index contributed by atoms with van der Waals surface area (Å²) in [4.78, 5) is 13.8. The molecule has 0 radical (unpaired) electrons. The molecule has 102 valence electrons. The standard InChI is InChI=1S/C14H20N4O/c1-18(2)10-3-5-11(6-4-10)19-14-12-7-8-15-13(12)16-9-17-14/h7-11H,3-6H2,1-2H3,(H,15,16,17). The summed E-state index contributed by atoms with van der Waals surface area (Å²) in [7, 11) is 4.30. The number of rotatable bonds is 3. The number of nitrogens with one attached hydrogen (secondary N) is 1. The lowest BCUT2D eigenvalue weighted by molar-refractivity contribution is 0.108. The lowest BCUT2D eigenvalue weighted by Gasteiger charge is -2.32. The monoisotopic (exact) mass is 260 g/mol. The molecule has 5 nitrogen and oxygen atoms in total. The van der Waals surface area contributed by atoms with E-state index in [1.165, 1.54) is 12.8 Å². The topological polar surface area (TPSA) is 54.0 Å². The van der Waals surface area contributed by atoms with E-state index in [4.69, 9.17) is 4.74 Å². The Morgan fingerprint density at radius 2 is 2.00 bits per heavy atom. The minimum atomic E-state index is 0.282. The van der Waals surface area contributed by atoms with E-state index in [2.05, 4.69) is 33.9 Å². The Bertz CT molecular complexity index is 543. The van der Waals surface area contributed by atoms with Crippen molar-refractivity contribution in [1.29, 1.82) is 0 Å². The third-order valence-corrected chi connectivity index (χ3v) is 3.97. The van der Waals surface area contributed by atoms with Crippen LogP contribution in [0.4, 0.5) is 0 Å². The molecule has 1 fully saturated rings. The van der Waals surface area contributed by atoms with Crippen molar-refractivity contribution in [3.05, 3.63) is 18.6 Å². The van der Waals surface area contributed by atoms with Gasteiger partial charge in [-0.1, -0.05) is 0 Å². The van der Waals surface area contributed by atoms with Gasteiger partial charge in [-0.3, -0.25) is 0 Å². The second-order valence-electron chi connectivity index (χ2n) is 5.43. The number of fused-ring (bicyclic) bond motifs is 1. The predicted molar refractivity (Wildman–Crippen MR) is 74.2 cm³/mol. The van der Waals surface area contributed by atoms with Crippen molar-refractivity contribution in [3.8, 4) is 5.88 Å². The van der Waals surface area contributed by atoms with Crippen LogP contribution in [0.15, 0.2) is 18.6 Å². The van der Waals surface area contributed by atoms with Crippen LogP contribution in [0.5, 0.6) is 5.88 Å². The number of ether oxygens (including phenoxy) is 1. The van der Waals surface area contributed by atoms with Crippen LogP contribution in [0.3, 0.4) is 0 Å². The van der Waals surface area contributed by atoms with Gasteiger partial charge in [0.15, 0.2) is 0 Å². The molecule has 0 spiro atoms. The van der Waals surface area contributed by atoms with Gasteiger partial charge in [-0.15, -0.1) is 0 Å². The first-order valence-corrected chi connectivity index (χ1v) is 6.85. The minimum Gasteiger partial charge on any atom is -0.474 e. The van der Waals surface area contributed by atoms with E-state index in [0.29, 0.717) is 11.9 Å². The van der Waals surface area contributed by atoms with Crippen LogP contribution in [0.25, 0.3) is 11.0 Å². The van der Waals surface area contributed by atoms with Gasteiger partial charge in [0.1, 0.15) is 18.1 Å². The zero-order chi connectivity index (χ0) is 13.2. The molecule has 0 atom stereocenters. The molecule has 3 rings (SSSR count). The van der Waals surface area contributed by atoms with Crippen molar-refractivity contribution in [3.63, 3.8) is 0 Å². The average Bonchev–Trinajstić information content (AvgIpc) is 2.89. The van der Waals surface area contributed by atoms with Crippen LogP contribution >= 0.6 is 0 Å². The molecule has 19 heavy (non-hydrogen) atoms. The number of aromatic nitrogens is 3. The average molecular weight is 260 g/mol. The van der Waals surface area contributed by atoms with E-state index < -0.39 is 0 Å². The molecular weight excluding hydrogens is 240 g/mol. The largest absolute Gasteiger partial charge is 0.474 e. The summed E-state index contributed by atoms with van der Waals surface area (Å²) < 4.78 is 6.07. The molecule has 1 saturated carbocycles. The number of aromatic amines is 1. The molecule has 0 saturated heterocycles. The Kier molecular flexibility index (Phi) is 3.38. The summed E-state index contributed by atoms with van der Waals surface area (Å²) in [5.74, 6) is 0.708. The van der Waals surface area contributed by atoms with Crippen molar-refractivity contribution >= 4 is 11.0 Å². The molecular formula is C14H20N4O. The number of nitrogens with zero attached hydrogens (tertiary/aromatic N) is 3. The SMILES string of the molecule is CN(C)C1CCC(Oc2ncnc3[nH]ccc23)CC1. The van der Waals surface area contributed by atoms with Gasteiger partial charge >= 0.3 is 0 Å². The maximum absolute atomic E-state index is 6.07. The van der Waals surface area contributed by atoms with Crippen molar-refractivity contribution in [2.45, 2.75) is 37.8 Å². The lowest BCUT2D eigenvalue weighted by atomic mass is 9.92. The maximum atomic E-state index is 6.07. The smallest absolute Gasteiger partial charge is 0.226 e. The highest BCUT2D eigenvalue weighted by Gasteiger charge is 2.24. The molecule has 1 aliphatic carbocycles. The van der Waals surface area contributed by atoms with E-state index >= 15 is 0 Å². The molecule has 2 aromatic heterocycles. The number of hydrogen-bond donors (Lipinski definition) is 1. The summed E-state index contributed by atoms with van der Waals surface area (Å²) in [6, 6.07) is 2.66. The molecule has 1 aliphatic rings. The summed E-state index contributed by atoms with van der Waals surface area (Å²) >= 11 is 0. The Hall–Kier alpha value is -1.62. The quantitative estimate of drug-likeness (QED) is 0.919. The van der Waals surface area contributed by atoms with E-state index in [1.807, 2.05) is 12.3 Å². The van der Waals surface area contributed by atoms with Crippen LogP contribution in [0.2, 0.25) is 0 Å². The van der Waals surface area contributed by atoms with Gasteiger partial charge in [-0.25, -0.2) is 9.97 Å². The Morgan fingerprint density at radius 1 is 1.21 bits per heavy atom. The second-order valence-corrected chi connectivity index (χ2v) is 5.43. The fourth-order valence-corrected chi connectivity index (χ4v) is 2.78. The highest BCUT2D eigenvalue weighted by atomic mass is 16.5. The van der Waals surface area contributed by atoms with E-state index in [9.17, 15) is 0 Å². The number of hydrogen-bond acceptors (Lipinski definition) is 4. The van der Waals surface area contributed by atoms with Gasteiger partial charge in [0.25, 0.3) is 0 Å². The lowest BCUT2D eigenvalue weighted by Crippen LogP contribution is -2.35. The normalized spacial score (nSPS) is 23.9. The number of H-pyrrole nitrogens is 1. The van der Waals surface area contributed by atoms with Crippen LogP contribution in [0.1, 0.15) is 25.7 Å². The Morgan fingerprint density at radius 3 is 2.74 bits per heavy atom. The van der Waals surface area contributed by atoms with Gasteiger partial charge in [-0.05, 0) is 45.8 Å². The van der Waals surface area contributed by atoms with Gasteiger partial charge < -0.3 is 14.6 Å². The highest BCUT2D eigenvalue weighted by Crippen LogP contribution is 2.27. The fraction of sp³-hybridized carbons (Fsp3) is 0.571.